The van der Waals surface area contributed by atoms with Gasteiger partial charge in [0.15, 0.2) is 5.96 Å². The van der Waals surface area contributed by atoms with E-state index in [1.54, 1.807) is 21.3 Å². The first-order chi connectivity index (χ1) is 13.6. The van der Waals surface area contributed by atoms with Gasteiger partial charge in [-0.2, -0.15) is 0 Å². The van der Waals surface area contributed by atoms with E-state index in [-0.39, 0.29) is 18.0 Å². The van der Waals surface area contributed by atoms with Crippen molar-refractivity contribution in [2.24, 2.45) is 4.99 Å². The van der Waals surface area contributed by atoms with E-state index in [1.165, 1.54) is 0 Å². The summed E-state index contributed by atoms with van der Waals surface area (Å²) < 4.78 is 16.3. The molecule has 2 N–H and O–H groups in total. The lowest BCUT2D eigenvalue weighted by Gasteiger charge is -2.25. The van der Waals surface area contributed by atoms with Crippen LogP contribution in [0.5, 0.6) is 17.2 Å². The zero-order valence-corrected chi connectivity index (χ0v) is 19.0. The highest BCUT2D eigenvalue weighted by atomic mass is 16.5. The van der Waals surface area contributed by atoms with E-state index in [2.05, 4.69) is 15.6 Å². The average Bonchev–Trinajstić information content (AvgIpc) is 2.65. The molecular weight excluding hydrogens is 372 g/mol. The summed E-state index contributed by atoms with van der Waals surface area (Å²) in [6.45, 7) is 9.30. The molecule has 0 aromatic heterocycles. The molecule has 0 unspecified atom stereocenters. The van der Waals surface area contributed by atoms with Crippen LogP contribution >= 0.6 is 0 Å². The van der Waals surface area contributed by atoms with Crippen LogP contribution < -0.4 is 24.8 Å². The topological polar surface area (TPSA) is 84.4 Å². The van der Waals surface area contributed by atoms with Gasteiger partial charge in [0.05, 0.1) is 27.9 Å². The fourth-order valence-corrected chi connectivity index (χ4v) is 2.82. The van der Waals surface area contributed by atoms with Crippen LogP contribution in [0.3, 0.4) is 0 Å². The summed E-state index contributed by atoms with van der Waals surface area (Å²) >= 11 is 0. The highest BCUT2D eigenvalue weighted by molar-refractivity contribution is 5.86. The van der Waals surface area contributed by atoms with Crippen molar-refractivity contribution in [1.29, 1.82) is 0 Å². The Morgan fingerprint density at radius 3 is 2.14 bits per heavy atom. The number of carbonyl (C=O) groups excluding carboxylic acids is 1. The monoisotopic (exact) mass is 408 g/mol. The predicted octanol–water partition coefficient (Wildman–Crippen LogP) is 2.07. The number of ether oxygens (including phenoxy) is 3. The molecule has 0 aliphatic rings. The van der Waals surface area contributed by atoms with Gasteiger partial charge in [0.2, 0.25) is 5.91 Å². The molecule has 29 heavy (non-hydrogen) atoms. The van der Waals surface area contributed by atoms with Crippen molar-refractivity contribution in [3.63, 3.8) is 0 Å². The average molecular weight is 409 g/mol. The van der Waals surface area contributed by atoms with Gasteiger partial charge in [-0.15, -0.1) is 0 Å². The smallest absolute Gasteiger partial charge is 0.240 e. The molecule has 0 spiro atoms. The van der Waals surface area contributed by atoms with Crippen molar-refractivity contribution >= 4 is 11.9 Å². The molecule has 0 atom stereocenters. The number of nitrogens with one attached hydrogen (secondary N) is 2. The third-order valence-electron chi connectivity index (χ3n) is 4.03. The molecule has 1 amide bonds. The zero-order valence-electron chi connectivity index (χ0n) is 19.0. The highest BCUT2D eigenvalue weighted by Crippen LogP contribution is 2.34. The Kier molecular flexibility index (Phi) is 9.58. The lowest BCUT2D eigenvalue weighted by atomic mass is 10.1. The van der Waals surface area contributed by atoms with E-state index >= 15 is 0 Å². The zero-order chi connectivity index (χ0) is 22.0. The van der Waals surface area contributed by atoms with Crippen LogP contribution in [0.1, 0.15) is 33.3 Å². The molecule has 0 saturated heterocycles. The first kappa shape index (κ1) is 24.4. The van der Waals surface area contributed by atoms with Gasteiger partial charge in [0.25, 0.3) is 0 Å². The van der Waals surface area contributed by atoms with Gasteiger partial charge >= 0.3 is 0 Å². The van der Waals surface area contributed by atoms with E-state index in [9.17, 15) is 4.79 Å². The Labute approximate surface area is 174 Å². The number of aliphatic imine (C=N–C) groups is 1. The quantitative estimate of drug-likeness (QED) is 0.481. The number of hydrogen-bond donors (Lipinski definition) is 2. The fourth-order valence-electron chi connectivity index (χ4n) is 2.82. The maximum Gasteiger partial charge on any atom is 0.240 e. The lowest BCUT2D eigenvalue weighted by molar-refractivity contribution is -0.122. The molecule has 1 aromatic carbocycles. The summed E-state index contributed by atoms with van der Waals surface area (Å²) in [5, 5.41) is 6.19. The molecule has 1 rings (SSSR count). The molecule has 0 fully saturated rings. The fraction of sp³-hybridized carbons (Fsp3) is 0.619. The minimum atomic E-state index is -0.269. The second-order valence-corrected chi connectivity index (χ2v) is 7.65. The normalized spacial score (nSPS) is 11.7. The second-order valence-electron chi connectivity index (χ2n) is 7.65. The van der Waals surface area contributed by atoms with Crippen LogP contribution in [-0.2, 0) is 11.2 Å². The Hall–Kier alpha value is -2.64. The van der Waals surface area contributed by atoms with Gasteiger partial charge < -0.3 is 29.7 Å². The standard InChI is InChI=1S/C21H36N4O4/c1-9-22-20(25(5)14-19(26)24-21(2,3)4)23-11-10-16-17(28-7)12-15(27-6)13-18(16)29-8/h12-13H,9-11,14H2,1-8H3,(H,22,23)(H,24,26). The lowest BCUT2D eigenvalue weighted by Crippen LogP contribution is -2.48. The molecule has 164 valence electrons. The molecule has 8 nitrogen and oxygen atoms in total. The van der Waals surface area contributed by atoms with Gasteiger partial charge in [0, 0.05) is 43.4 Å². The van der Waals surface area contributed by atoms with Crippen molar-refractivity contribution in [2.75, 3.05) is 48.0 Å². The summed E-state index contributed by atoms with van der Waals surface area (Å²) in [5.74, 6) is 2.68. The molecule has 0 aliphatic carbocycles. The molecule has 0 radical (unpaired) electrons. The van der Waals surface area contributed by atoms with Crippen molar-refractivity contribution in [3.05, 3.63) is 17.7 Å². The van der Waals surface area contributed by atoms with Gasteiger partial charge in [-0.3, -0.25) is 9.79 Å². The summed E-state index contributed by atoms with van der Waals surface area (Å²) in [5.41, 5.74) is 0.651. The molecule has 0 heterocycles. The summed E-state index contributed by atoms with van der Waals surface area (Å²) in [6, 6.07) is 3.66. The van der Waals surface area contributed by atoms with Gasteiger partial charge in [-0.1, -0.05) is 0 Å². The molecular formula is C21H36N4O4. The first-order valence-corrected chi connectivity index (χ1v) is 9.74. The van der Waals surface area contributed by atoms with Crippen molar-refractivity contribution in [1.82, 2.24) is 15.5 Å². The number of likely N-dealkylation sites (N-methyl/N-ethyl adjacent to an activating group) is 1. The number of nitrogens with zero attached hydrogens (tertiary/aromatic N) is 2. The largest absolute Gasteiger partial charge is 0.496 e. The van der Waals surface area contributed by atoms with Crippen LogP contribution in [0.15, 0.2) is 17.1 Å². The number of carbonyl (C=O) groups is 1. The minimum Gasteiger partial charge on any atom is -0.496 e. The Balaban J connectivity index is 2.91. The SMILES string of the molecule is CCNC(=NCCc1c(OC)cc(OC)cc1OC)N(C)CC(=O)NC(C)(C)C. The van der Waals surface area contributed by atoms with Crippen LogP contribution in [0.2, 0.25) is 0 Å². The van der Waals surface area contributed by atoms with Crippen molar-refractivity contribution in [2.45, 2.75) is 39.7 Å². The van der Waals surface area contributed by atoms with Gasteiger partial charge in [-0.05, 0) is 34.1 Å². The third-order valence-corrected chi connectivity index (χ3v) is 4.03. The third kappa shape index (κ3) is 8.09. The van der Waals surface area contributed by atoms with E-state index in [0.717, 1.165) is 5.56 Å². The maximum atomic E-state index is 12.2. The summed E-state index contributed by atoms with van der Waals surface area (Å²) in [4.78, 5) is 18.7. The van der Waals surface area contributed by atoms with Crippen molar-refractivity contribution < 1.29 is 19.0 Å². The second kappa shape index (κ2) is 11.4. The summed E-state index contributed by atoms with van der Waals surface area (Å²) in [6.07, 6.45) is 0.618. The van der Waals surface area contributed by atoms with Gasteiger partial charge in [0.1, 0.15) is 17.2 Å². The first-order valence-electron chi connectivity index (χ1n) is 9.74. The van der Waals surface area contributed by atoms with E-state index in [1.807, 2.05) is 51.8 Å². The maximum absolute atomic E-state index is 12.2. The molecule has 8 heteroatoms. The number of rotatable bonds is 9. The molecule has 0 aliphatic heterocycles. The number of hydrogen-bond acceptors (Lipinski definition) is 5. The van der Waals surface area contributed by atoms with E-state index in [0.29, 0.717) is 42.7 Å². The Morgan fingerprint density at radius 2 is 1.69 bits per heavy atom. The van der Waals surface area contributed by atoms with Crippen LogP contribution in [0.4, 0.5) is 0 Å². The number of amides is 1. The van der Waals surface area contributed by atoms with E-state index in [4.69, 9.17) is 14.2 Å². The number of guanidine groups is 1. The highest BCUT2D eigenvalue weighted by Gasteiger charge is 2.17. The van der Waals surface area contributed by atoms with E-state index < -0.39 is 0 Å². The number of methoxy groups -OCH3 is 3. The van der Waals surface area contributed by atoms with Gasteiger partial charge in [-0.25, -0.2) is 0 Å². The van der Waals surface area contributed by atoms with Crippen LogP contribution in [0.25, 0.3) is 0 Å². The molecule has 0 saturated carbocycles. The number of benzene rings is 1. The minimum absolute atomic E-state index is 0.0518. The predicted molar refractivity (Wildman–Crippen MR) is 116 cm³/mol. The molecule has 0 bridgehead atoms. The van der Waals surface area contributed by atoms with Crippen LogP contribution in [0, 0.1) is 0 Å². The Bertz CT molecular complexity index is 673. The summed E-state index contributed by atoms with van der Waals surface area (Å²) in [7, 11) is 6.68. The van der Waals surface area contributed by atoms with Crippen molar-refractivity contribution in [3.8, 4) is 17.2 Å². The Morgan fingerprint density at radius 1 is 1.10 bits per heavy atom. The molecule has 1 aromatic rings. The van der Waals surface area contributed by atoms with Crippen LogP contribution in [-0.4, -0.2) is 70.3 Å².